The average Bonchev–Trinajstić information content (AvgIpc) is 3.26. The smallest absolute Gasteiger partial charge is 0.254 e. The number of thiophene rings is 1. The largest absolute Gasteiger partial charge is 0.383 e. The highest BCUT2D eigenvalue weighted by Gasteiger charge is 2.46. The Morgan fingerprint density at radius 2 is 1.87 bits per heavy atom. The van der Waals surface area contributed by atoms with Crippen molar-refractivity contribution in [2.75, 3.05) is 33.4 Å². The highest BCUT2D eigenvalue weighted by Crippen LogP contribution is 2.45. The van der Waals surface area contributed by atoms with Gasteiger partial charge in [0, 0.05) is 37.2 Å². The second-order valence-corrected chi connectivity index (χ2v) is 9.69. The first-order valence-electron chi connectivity index (χ1n) is 10.7. The van der Waals surface area contributed by atoms with E-state index in [0.717, 1.165) is 30.0 Å². The molecule has 160 valence electrons. The minimum absolute atomic E-state index is 0.0227. The topological polar surface area (TPSA) is 49.9 Å². The van der Waals surface area contributed by atoms with Gasteiger partial charge in [0.15, 0.2) is 0 Å². The Morgan fingerprint density at radius 1 is 1.13 bits per heavy atom. The molecule has 4 atom stereocenters. The van der Waals surface area contributed by atoms with Crippen LogP contribution in [0.3, 0.4) is 0 Å². The van der Waals surface area contributed by atoms with Crippen molar-refractivity contribution < 1.29 is 14.3 Å². The maximum absolute atomic E-state index is 14.0. The van der Waals surface area contributed by atoms with Gasteiger partial charge >= 0.3 is 0 Å². The highest BCUT2D eigenvalue weighted by atomic mass is 32.1. The molecule has 3 heterocycles. The Balaban J connectivity index is 1.80. The minimum Gasteiger partial charge on any atom is -0.383 e. The summed E-state index contributed by atoms with van der Waals surface area (Å²) in [6.07, 6.45) is 1.15. The average molecular weight is 427 g/mol. The van der Waals surface area contributed by atoms with E-state index >= 15 is 0 Å². The van der Waals surface area contributed by atoms with Crippen LogP contribution in [0.2, 0.25) is 0 Å². The zero-order valence-corrected chi connectivity index (χ0v) is 18.7. The molecule has 2 aliphatic rings. The molecule has 1 aromatic heterocycles. The predicted octanol–water partition coefficient (Wildman–Crippen LogP) is 4.18. The normalized spacial score (nSPS) is 26.6. The SMILES string of the molecule is COCCN1C(=O)c2ccccc2[C@H](C(=O)N2C[C@H](C)C[C@@H](C)C2)[C@H]1c1cccs1. The Hall–Kier alpha value is -2.18. The van der Waals surface area contributed by atoms with E-state index in [2.05, 4.69) is 13.8 Å². The third-order valence-electron chi connectivity index (χ3n) is 6.26. The molecule has 0 bridgehead atoms. The van der Waals surface area contributed by atoms with Crippen LogP contribution in [0, 0.1) is 11.8 Å². The van der Waals surface area contributed by atoms with E-state index in [1.165, 1.54) is 0 Å². The van der Waals surface area contributed by atoms with Crippen LogP contribution < -0.4 is 0 Å². The molecule has 0 unspecified atom stereocenters. The van der Waals surface area contributed by atoms with Crippen LogP contribution >= 0.6 is 11.3 Å². The number of nitrogens with zero attached hydrogens (tertiary/aromatic N) is 2. The van der Waals surface area contributed by atoms with Crippen molar-refractivity contribution in [3.05, 3.63) is 57.8 Å². The van der Waals surface area contributed by atoms with Crippen LogP contribution in [0.25, 0.3) is 0 Å². The maximum Gasteiger partial charge on any atom is 0.254 e. The summed E-state index contributed by atoms with van der Waals surface area (Å²) in [6, 6.07) is 11.4. The number of amides is 2. The number of hydrogen-bond acceptors (Lipinski definition) is 4. The molecule has 0 saturated carbocycles. The van der Waals surface area contributed by atoms with E-state index in [4.69, 9.17) is 4.74 Å². The van der Waals surface area contributed by atoms with Crippen molar-refractivity contribution in [1.29, 1.82) is 0 Å². The Kier molecular flexibility index (Phi) is 6.25. The lowest BCUT2D eigenvalue weighted by molar-refractivity contribution is -0.137. The quantitative estimate of drug-likeness (QED) is 0.721. The van der Waals surface area contributed by atoms with Gasteiger partial charge in [-0.05, 0) is 41.3 Å². The number of likely N-dealkylation sites (tertiary alicyclic amines) is 1. The lowest BCUT2D eigenvalue weighted by atomic mass is 9.80. The molecular formula is C24H30N2O3S. The number of carbonyl (C=O) groups excluding carboxylic acids is 2. The van der Waals surface area contributed by atoms with Crippen LogP contribution in [0.4, 0.5) is 0 Å². The number of rotatable bonds is 5. The molecule has 0 spiro atoms. The number of piperidine rings is 1. The summed E-state index contributed by atoms with van der Waals surface area (Å²) in [5.74, 6) is 0.692. The molecule has 0 N–H and O–H groups in total. The van der Waals surface area contributed by atoms with E-state index in [-0.39, 0.29) is 17.9 Å². The minimum atomic E-state index is -0.396. The van der Waals surface area contributed by atoms with Gasteiger partial charge < -0.3 is 14.5 Å². The molecule has 1 saturated heterocycles. The first-order chi connectivity index (χ1) is 14.5. The molecule has 5 nitrogen and oxygen atoms in total. The molecule has 30 heavy (non-hydrogen) atoms. The fraction of sp³-hybridized carbons (Fsp3) is 0.500. The Morgan fingerprint density at radius 3 is 2.53 bits per heavy atom. The number of fused-ring (bicyclic) bond motifs is 1. The summed E-state index contributed by atoms with van der Waals surface area (Å²) >= 11 is 1.61. The van der Waals surface area contributed by atoms with Crippen molar-refractivity contribution >= 4 is 23.2 Å². The van der Waals surface area contributed by atoms with Gasteiger partial charge in [-0.15, -0.1) is 11.3 Å². The van der Waals surface area contributed by atoms with Gasteiger partial charge in [-0.2, -0.15) is 0 Å². The maximum atomic E-state index is 14.0. The third-order valence-corrected chi connectivity index (χ3v) is 7.20. The van der Waals surface area contributed by atoms with Crippen molar-refractivity contribution in [3.63, 3.8) is 0 Å². The predicted molar refractivity (Wildman–Crippen MR) is 119 cm³/mol. The van der Waals surface area contributed by atoms with Gasteiger partial charge in [0.2, 0.25) is 5.91 Å². The number of benzene rings is 1. The fourth-order valence-corrected chi connectivity index (χ4v) is 5.98. The molecule has 1 fully saturated rings. The van der Waals surface area contributed by atoms with E-state index in [1.54, 1.807) is 18.4 Å². The summed E-state index contributed by atoms with van der Waals surface area (Å²) in [4.78, 5) is 32.4. The van der Waals surface area contributed by atoms with E-state index in [0.29, 0.717) is 30.6 Å². The Labute approximate surface area is 182 Å². The van der Waals surface area contributed by atoms with Crippen molar-refractivity contribution in [1.82, 2.24) is 9.80 Å². The van der Waals surface area contributed by atoms with E-state index < -0.39 is 5.92 Å². The molecule has 0 radical (unpaired) electrons. The summed E-state index contributed by atoms with van der Waals surface area (Å²) < 4.78 is 5.30. The van der Waals surface area contributed by atoms with Gasteiger partial charge in [0.25, 0.3) is 5.91 Å². The zero-order chi connectivity index (χ0) is 21.3. The summed E-state index contributed by atoms with van der Waals surface area (Å²) in [6.45, 7) is 6.90. The monoisotopic (exact) mass is 426 g/mol. The van der Waals surface area contributed by atoms with Gasteiger partial charge in [-0.25, -0.2) is 0 Å². The Bertz CT molecular complexity index is 888. The fourth-order valence-electron chi connectivity index (χ4n) is 5.11. The molecule has 2 aliphatic heterocycles. The van der Waals surface area contributed by atoms with Crippen LogP contribution in [-0.2, 0) is 9.53 Å². The standard InChI is InChI=1S/C24H30N2O3S/c1-16-13-17(2)15-25(14-16)24(28)21-18-7-4-5-8-19(18)23(27)26(10-11-29-3)22(21)20-9-6-12-30-20/h4-9,12,16-17,21-22H,10-11,13-15H2,1-3H3/t16-,17-,21+,22-/m1/s1. The highest BCUT2D eigenvalue weighted by molar-refractivity contribution is 7.10. The molecule has 2 aromatic rings. The van der Waals surface area contributed by atoms with Crippen LogP contribution in [0.5, 0.6) is 0 Å². The third kappa shape index (κ3) is 3.91. The van der Waals surface area contributed by atoms with Gasteiger partial charge in [-0.3, -0.25) is 9.59 Å². The summed E-state index contributed by atoms with van der Waals surface area (Å²) in [5, 5.41) is 2.02. The first-order valence-corrected chi connectivity index (χ1v) is 11.6. The van der Waals surface area contributed by atoms with Crippen LogP contribution in [0.1, 0.15) is 53.0 Å². The molecule has 6 heteroatoms. The molecule has 4 rings (SSSR count). The van der Waals surface area contributed by atoms with Gasteiger partial charge in [0.05, 0.1) is 18.6 Å². The van der Waals surface area contributed by atoms with Crippen molar-refractivity contribution in [2.45, 2.75) is 32.2 Å². The van der Waals surface area contributed by atoms with E-state index in [1.807, 2.05) is 51.6 Å². The number of methoxy groups -OCH3 is 1. The second-order valence-electron chi connectivity index (χ2n) is 8.71. The lowest BCUT2D eigenvalue weighted by Crippen LogP contribution is -2.51. The molecule has 2 amide bonds. The van der Waals surface area contributed by atoms with Crippen molar-refractivity contribution in [3.8, 4) is 0 Å². The zero-order valence-electron chi connectivity index (χ0n) is 17.9. The van der Waals surface area contributed by atoms with Gasteiger partial charge in [0.1, 0.15) is 0 Å². The lowest BCUT2D eigenvalue weighted by Gasteiger charge is -2.44. The summed E-state index contributed by atoms with van der Waals surface area (Å²) in [5.41, 5.74) is 1.49. The molecule has 0 aliphatic carbocycles. The number of carbonyl (C=O) groups is 2. The second kappa shape index (κ2) is 8.90. The van der Waals surface area contributed by atoms with E-state index in [9.17, 15) is 9.59 Å². The number of ether oxygens (including phenoxy) is 1. The molecule has 1 aromatic carbocycles. The van der Waals surface area contributed by atoms with Crippen LogP contribution in [0.15, 0.2) is 41.8 Å². The number of hydrogen-bond donors (Lipinski definition) is 0. The van der Waals surface area contributed by atoms with Crippen molar-refractivity contribution in [2.24, 2.45) is 11.8 Å². The van der Waals surface area contributed by atoms with Gasteiger partial charge in [-0.1, -0.05) is 38.1 Å². The molecular weight excluding hydrogens is 396 g/mol. The summed E-state index contributed by atoms with van der Waals surface area (Å²) in [7, 11) is 1.64. The van der Waals surface area contributed by atoms with Crippen LogP contribution in [-0.4, -0.2) is 55.0 Å². The first kappa shape index (κ1) is 21.1.